The largest absolute Gasteiger partial charge is 0.493 e. The summed E-state index contributed by atoms with van der Waals surface area (Å²) in [4.78, 5) is 12.1. The highest BCUT2D eigenvalue weighted by atomic mass is 16.6. The number of ether oxygens (including phenoxy) is 3. The van der Waals surface area contributed by atoms with Gasteiger partial charge in [-0.15, -0.1) is 0 Å². The number of carbonyl (C=O) groups excluding carboxylic acids is 1. The molecule has 1 saturated heterocycles. The van der Waals surface area contributed by atoms with Gasteiger partial charge in [0, 0.05) is 18.2 Å². The highest BCUT2D eigenvalue weighted by molar-refractivity contribution is 5.68. The summed E-state index contributed by atoms with van der Waals surface area (Å²) in [6, 6.07) is 7.75. The molecule has 2 heterocycles. The maximum atomic E-state index is 12.1. The highest BCUT2D eigenvalue weighted by Crippen LogP contribution is 2.22. The Morgan fingerprint density at radius 3 is 2.71 bits per heavy atom. The first kappa shape index (κ1) is 20.2. The fourth-order valence-corrected chi connectivity index (χ4v) is 3.01. The number of hydrogen-bond donors (Lipinski definition) is 1. The number of rotatable bonds is 5. The van der Waals surface area contributed by atoms with Crippen molar-refractivity contribution in [2.75, 3.05) is 19.8 Å². The number of benzene rings is 1. The normalized spacial score (nSPS) is 19.9. The van der Waals surface area contributed by atoms with Crippen LogP contribution >= 0.6 is 0 Å². The monoisotopic (exact) mass is 387 g/mol. The summed E-state index contributed by atoms with van der Waals surface area (Å²) >= 11 is 0. The molecule has 1 aromatic carbocycles. The lowest BCUT2D eigenvalue weighted by atomic mass is 9.99. The molecule has 1 aliphatic rings. The zero-order chi connectivity index (χ0) is 20.1. The van der Waals surface area contributed by atoms with Gasteiger partial charge in [-0.2, -0.15) is 5.10 Å². The molecule has 0 aliphatic carbocycles. The van der Waals surface area contributed by atoms with Crippen molar-refractivity contribution in [2.24, 2.45) is 5.92 Å². The maximum absolute atomic E-state index is 12.1. The number of alkyl carbamates (subject to hydrolysis) is 1. The van der Waals surface area contributed by atoms with Crippen molar-refractivity contribution in [1.82, 2.24) is 15.1 Å². The lowest BCUT2D eigenvalue weighted by Crippen LogP contribution is -2.46. The Bertz CT molecular complexity index is 780. The van der Waals surface area contributed by atoms with Crippen LogP contribution in [0.1, 0.15) is 32.8 Å². The molecule has 1 aromatic heterocycles. The molecule has 0 spiro atoms. The molecule has 7 nitrogen and oxygen atoms in total. The number of aryl methyl sites for hydroxylation is 1. The summed E-state index contributed by atoms with van der Waals surface area (Å²) in [7, 11) is 0. The van der Waals surface area contributed by atoms with Gasteiger partial charge in [0.1, 0.15) is 11.9 Å². The van der Waals surface area contributed by atoms with E-state index in [1.807, 2.05) is 69.0 Å². The molecule has 3 rings (SSSR count). The van der Waals surface area contributed by atoms with Gasteiger partial charge in [0.25, 0.3) is 0 Å². The molecule has 0 radical (unpaired) electrons. The number of carbonyl (C=O) groups is 1. The van der Waals surface area contributed by atoms with Crippen molar-refractivity contribution < 1.29 is 19.0 Å². The van der Waals surface area contributed by atoms with Crippen molar-refractivity contribution in [3.63, 3.8) is 0 Å². The molecule has 0 unspecified atom stereocenters. The van der Waals surface area contributed by atoms with E-state index in [9.17, 15) is 4.79 Å². The first-order valence-corrected chi connectivity index (χ1v) is 9.61. The molecule has 1 amide bonds. The summed E-state index contributed by atoms with van der Waals surface area (Å²) in [5, 5.41) is 7.14. The van der Waals surface area contributed by atoms with Crippen molar-refractivity contribution in [1.29, 1.82) is 0 Å². The van der Waals surface area contributed by atoms with Gasteiger partial charge in [0.15, 0.2) is 0 Å². The molecule has 0 saturated carbocycles. The average Bonchev–Trinajstić information content (AvgIpc) is 3.06. The third kappa shape index (κ3) is 5.73. The molecule has 2 atom stereocenters. The van der Waals surface area contributed by atoms with Crippen LogP contribution in [0.2, 0.25) is 0 Å². The Balaban J connectivity index is 1.55. The summed E-state index contributed by atoms with van der Waals surface area (Å²) in [6.07, 6.45) is 3.84. The Kier molecular flexibility index (Phi) is 6.24. The number of amides is 1. The quantitative estimate of drug-likeness (QED) is 0.850. The van der Waals surface area contributed by atoms with E-state index in [4.69, 9.17) is 14.2 Å². The standard InChI is InChI=1S/C21H29N3O4/c1-15-11-22-24(12-15)17-5-7-18(8-6-17)27-14-16-13-26-10-9-19(16)28-20(25)23-21(2,3)4/h5-8,11-12,16,19H,9-10,13-14H2,1-4H3,(H,23,25)/t16-,19+/m1/s1. The molecule has 0 bridgehead atoms. The van der Waals surface area contributed by atoms with Gasteiger partial charge in [0.2, 0.25) is 0 Å². The molecular formula is C21H29N3O4. The minimum Gasteiger partial charge on any atom is -0.493 e. The topological polar surface area (TPSA) is 74.6 Å². The second kappa shape index (κ2) is 8.65. The Labute approximate surface area is 166 Å². The molecular weight excluding hydrogens is 358 g/mol. The third-order valence-corrected chi connectivity index (χ3v) is 4.42. The minimum absolute atomic E-state index is 0.00656. The zero-order valence-electron chi connectivity index (χ0n) is 17.0. The fraction of sp³-hybridized carbons (Fsp3) is 0.524. The van der Waals surface area contributed by atoms with E-state index >= 15 is 0 Å². The number of nitrogens with one attached hydrogen (secondary N) is 1. The molecule has 28 heavy (non-hydrogen) atoms. The van der Waals surface area contributed by atoms with Crippen molar-refractivity contribution in [3.8, 4) is 11.4 Å². The van der Waals surface area contributed by atoms with Crippen LogP contribution < -0.4 is 10.1 Å². The van der Waals surface area contributed by atoms with E-state index in [1.165, 1.54) is 0 Å². The second-order valence-electron chi connectivity index (χ2n) is 8.21. The van der Waals surface area contributed by atoms with E-state index in [-0.39, 0.29) is 17.6 Å². The van der Waals surface area contributed by atoms with Crippen LogP contribution in [-0.4, -0.2) is 47.3 Å². The number of nitrogens with zero attached hydrogens (tertiary/aromatic N) is 2. The summed E-state index contributed by atoms with van der Waals surface area (Å²) in [5.74, 6) is 0.754. The van der Waals surface area contributed by atoms with Crippen LogP contribution in [0, 0.1) is 12.8 Å². The van der Waals surface area contributed by atoms with Gasteiger partial charge in [-0.05, 0) is 57.5 Å². The van der Waals surface area contributed by atoms with Crippen LogP contribution in [0.15, 0.2) is 36.7 Å². The fourth-order valence-electron chi connectivity index (χ4n) is 3.01. The SMILES string of the molecule is Cc1cnn(-c2ccc(OC[C@H]3COCC[C@@H]3OC(=O)NC(C)(C)C)cc2)c1. The first-order chi connectivity index (χ1) is 13.3. The highest BCUT2D eigenvalue weighted by Gasteiger charge is 2.30. The average molecular weight is 387 g/mol. The summed E-state index contributed by atoms with van der Waals surface area (Å²) in [5.41, 5.74) is 1.75. The summed E-state index contributed by atoms with van der Waals surface area (Å²) < 4.78 is 18.9. The van der Waals surface area contributed by atoms with Gasteiger partial charge in [-0.3, -0.25) is 0 Å². The van der Waals surface area contributed by atoms with Crippen LogP contribution in [0.5, 0.6) is 5.75 Å². The predicted octanol–water partition coefficient (Wildman–Crippen LogP) is 3.49. The van der Waals surface area contributed by atoms with Crippen molar-refractivity contribution in [2.45, 2.75) is 45.8 Å². The van der Waals surface area contributed by atoms with Gasteiger partial charge >= 0.3 is 6.09 Å². The lowest BCUT2D eigenvalue weighted by Gasteiger charge is -2.32. The first-order valence-electron chi connectivity index (χ1n) is 9.61. The Morgan fingerprint density at radius 2 is 2.07 bits per heavy atom. The van der Waals surface area contributed by atoms with Crippen LogP contribution in [0.4, 0.5) is 4.79 Å². The molecule has 1 aliphatic heterocycles. The van der Waals surface area contributed by atoms with Gasteiger partial charge in [-0.25, -0.2) is 9.48 Å². The Hall–Kier alpha value is -2.54. The molecule has 152 valence electrons. The zero-order valence-corrected chi connectivity index (χ0v) is 17.0. The molecule has 1 fully saturated rings. The minimum atomic E-state index is -0.400. The number of hydrogen-bond acceptors (Lipinski definition) is 5. The van der Waals surface area contributed by atoms with Crippen molar-refractivity contribution in [3.05, 3.63) is 42.2 Å². The van der Waals surface area contributed by atoms with Crippen molar-refractivity contribution >= 4 is 6.09 Å². The lowest BCUT2D eigenvalue weighted by molar-refractivity contribution is -0.0569. The molecule has 1 N–H and O–H groups in total. The van der Waals surface area contributed by atoms with Gasteiger partial charge < -0.3 is 19.5 Å². The summed E-state index contributed by atoms with van der Waals surface area (Å²) in [6.45, 7) is 9.30. The number of aromatic nitrogens is 2. The third-order valence-electron chi connectivity index (χ3n) is 4.42. The van der Waals surface area contributed by atoms with Gasteiger partial charge in [-0.1, -0.05) is 0 Å². The van der Waals surface area contributed by atoms with Crippen LogP contribution in [-0.2, 0) is 9.47 Å². The van der Waals surface area contributed by atoms with Crippen LogP contribution in [0.3, 0.4) is 0 Å². The van der Waals surface area contributed by atoms with E-state index in [0.717, 1.165) is 17.0 Å². The molecule has 7 heteroatoms. The van der Waals surface area contributed by atoms with Crippen LogP contribution in [0.25, 0.3) is 5.69 Å². The second-order valence-corrected chi connectivity index (χ2v) is 8.21. The predicted molar refractivity (Wildman–Crippen MR) is 106 cm³/mol. The van der Waals surface area contributed by atoms with E-state index in [2.05, 4.69) is 10.4 Å². The van der Waals surface area contributed by atoms with Gasteiger partial charge in [0.05, 0.1) is 37.6 Å². The van der Waals surface area contributed by atoms with E-state index < -0.39 is 6.09 Å². The van der Waals surface area contributed by atoms with E-state index in [0.29, 0.717) is 26.2 Å². The molecule has 2 aromatic rings. The van der Waals surface area contributed by atoms with E-state index in [1.54, 1.807) is 0 Å². The smallest absolute Gasteiger partial charge is 0.407 e. The Morgan fingerprint density at radius 1 is 1.32 bits per heavy atom. The maximum Gasteiger partial charge on any atom is 0.407 e.